The summed E-state index contributed by atoms with van der Waals surface area (Å²) in [7, 11) is 0. The molecule has 52 heavy (non-hydrogen) atoms. The Labute approximate surface area is 300 Å². The fraction of sp³-hybridized carbons (Fsp3) is 0.0833. The Bertz CT molecular complexity index is 2960. The Morgan fingerprint density at radius 2 is 1.21 bits per heavy atom. The van der Waals surface area contributed by atoms with Crippen LogP contribution in [0.2, 0.25) is 0 Å². The second-order valence-corrected chi connectivity index (χ2v) is 14.2. The molecule has 0 saturated carbocycles. The first-order valence-electron chi connectivity index (χ1n) is 17.9. The maximum atomic E-state index is 11.3. The Kier molecular flexibility index (Phi) is 6.01. The van der Waals surface area contributed by atoms with Crippen LogP contribution in [0.5, 0.6) is 0 Å². The molecule has 4 nitrogen and oxygen atoms in total. The summed E-state index contributed by atoms with van der Waals surface area (Å²) in [6.45, 7) is 0. The van der Waals surface area contributed by atoms with Crippen molar-refractivity contribution in [1.29, 1.82) is 10.5 Å². The molecule has 0 radical (unpaired) electrons. The third kappa shape index (κ3) is 3.84. The summed E-state index contributed by atoms with van der Waals surface area (Å²) in [6, 6.07) is 52.8. The molecule has 11 rings (SSSR count). The van der Waals surface area contributed by atoms with Crippen molar-refractivity contribution in [2.24, 2.45) is 5.92 Å². The molecule has 4 heteroatoms. The van der Waals surface area contributed by atoms with Crippen molar-refractivity contribution < 1.29 is 0 Å². The van der Waals surface area contributed by atoms with E-state index in [2.05, 4.69) is 167 Å². The van der Waals surface area contributed by atoms with Crippen molar-refractivity contribution >= 4 is 71.6 Å². The van der Waals surface area contributed by atoms with Crippen LogP contribution in [-0.2, 0) is 0 Å². The van der Waals surface area contributed by atoms with E-state index in [0.29, 0.717) is 12.0 Å². The van der Waals surface area contributed by atoms with E-state index in [1.165, 1.54) is 49.0 Å². The number of hydrogen-bond donors (Lipinski definition) is 0. The molecule has 0 spiro atoms. The van der Waals surface area contributed by atoms with Crippen molar-refractivity contribution in [2.45, 2.75) is 18.4 Å². The molecule has 1 aromatic heterocycles. The van der Waals surface area contributed by atoms with Gasteiger partial charge in [0, 0.05) is 34.5 Å². The van der Waals surface area contributed by atoms with Gasteiger partial charge in [-0.15, -0.1) is 0 Å². The van der Waals surface area contributed by atoms with Gasteiger partial charge in [-0.3, -0.25) is 0 Å². The molecule has 7 aromatic carbocycles. The molecule has 3 aliphatic rings. The SMILES string of the molecule is N#CC1=C(N2c3ccc4ccccc4c3C3c4ccccc4C=CC32)CC(C#N)C=C1n1c2ccc3ccccc3c2c2c3ccccc3ccc21. The largest absolute Gasteiger partial charge is 0.336 e. The Morgan fingerprint density at radius 3 is 1.88 bits per heavy atom. The van der Waals surface area contributed by atoms with Crippen LogP contribution in [0, 0.1) is 28.6 Å². The molecule has 3 unspecified atom stereocenters. The molecule has 8 aromatic rings. The summed E-state index contributed by atoms with van der Waals surface area (Å²) in [6.07, 6.45) is 7.03. The highest BCUT2D eigenvalue weighted by Crippen LogP contribution is 2.54. The van der Waals surface area contributed by atoms with Crippen molar-refractivity contribution in [3.63, 3.8) is 0 Å². The molecule has 1 aliphatic heterocycles. The van der Waals surface area contributed by atoms with Gasteiger partial charge in [-0.1, -0.05) is 127 Å². The molecule has 0 N–H and O–H groups in total. The van der Waals surface area contributed by atoms with Gasteiger partial charge in [0.2, 0.25) is 0 Å². The zero-order valence-corrected chi connectivity index (χ0v) is 28.2. The fourth-order valence-corrected chi connectivity index (χ4v) is 9.52. The summed E-state index contributed by atoms with van der Waals surface area (Å²) >= 11 is 0. The first kappa shape index (κ1) is 28.9. The van der Waals surface area contributed by atoms with Crippen LogP contribution in [0.3, 0.4) is 0 Å². The number of benzene rings is 7. The normalized spacial score (nSPS) is 19.2. The van der Waals surface area contributed by atoms with Crippen LogP contribution in [0.25, 0.3) is 65.9 Å². The molecule has 0 bridgehead atoms. The summed E-state index contributed by atoms with van der Waals surface area (Å²) in [5.74, 6) is -0.339. The fourth-order valence-electron chi connectivity index (χ4n) is 9.52. The first-order chi connectivity index (χ1) is 25.7. The number of hydrogen-bond acceptors (Lipinski definition) is 3. The van der Waals surface area contributed by atoms with E-state index in [1.54, 1.807) is 0 Å². The van der Waals surface area contributed by atoms with E-state index in [-0.39, 0.29) is 12.0 Å². The number of allylic oxidation sites excluding steroid dienone is 4. The van der Waals surface area contributed by atoms with Crippen LogP contribution >= 0.6 is 0 Å². The lowest BCUT2D eigenvalue weighted by Crippen LogP contribution is -2.36. The number of aromatic nitrogens is 1. The molecular formula is C48H30N4. The van der Waals surface area contributed by atoms with Gasteiger partial charge < -0.3 is 9.47 Å². The van der Waals surface area contributed by atoms with Gasteiger partial charge in [-0.25, -0.2) is 0 Å². The highest BCUT2D eigenvalue weighted by Gasteiger charge is 2.45. The molecular weight excluding hydrogens is 633 g/mol. The van der Waals surface area contributed by atoms with Crippen molar-refractivity contribution in [3.05, 3.63) is 174 Å². The second-order valence-electron chi connectivity index (χ2n) is 14.2. The Hall–Kier alpha value is -6.88. The number of nitrogens with zero attached hydrogens (tertiary/aromatic N) is 4. The third-order valence-electron chi connectivity index (χ3n) is 11.6. The van der Waals surface area contributed by atoms with Gasteiger partial charge in [0.25, 0.3) is 0 Å². The van der Waals surface area contributed by atoms with Gasteiger partial charge in [-0.2, -0.15) is 10.5 Å². The first-order valence-corrected chi connectivity index (χ1v) is 17.9. The lowest BCUT2D eigenvalue weighted by atomic mass is 9.79. The average molecular weight is 663 g/mol. The second kappa shape index (κ2) is 10.8. The zero-order chi connectivity index (χ0) is 34.5. The Balaban J connectivity index is 1.22. The molecule has 242 valence electrons. The van der Waals surface area contributed by atoms with E-state index in [4.69, 9.17) is 0 Å². The zero-order valence-electron chi connectivity index (χ0n) is 28.2. The van der Waals surface area contributed by atoms with E-state index in [0.717, 1.165) is 38.9 Å². The van der Waals surface area contributed by atoms with E-state index >= 15 is 0 Å². The Morgan fingerprint density at radius 1 is 0.615 bits per heavy atom. The number of rotatable bonds is 2. The maximum absolute atomic E-state index is 11.3. The standard InChI is InChI=1S/C48H30N4/c49-27-29-25-43(51-39-21-17-30-9-1-5-13-34(30)45(39)46-35-14-6-2-10-31(35)18-22-40(46)51)38(28-50)44(26-29)52-41-23-19-32-11-3-7-15-36(32)47(41)48-37-16-8-4-12-33(37)20-24-42(48)52/h1-25,29,41,47H,26H2. The molecule has 0 fully saturated rings. The number of nitriles is 2. The molecule has 2 heterocycles. The van der Waals surface area contributed by atoms with Crippen LogP contribution in [0.4, 0.5) is 5.69 Å². The topological polar surface area (TPSA) is 55.8 Å². The lowest BCUT2D eigenvalue weighted by Gasteiger charge is -2.36. The summed E-state index contributed by atoms with van der Waals surface area (Å²) in [4.78, 5) is 2.40. The highest BCUT2D eigenvalue weighted by molar-refractivity contribution is 6.29. The van der Waals surface area contributed by atoms with Gasteiger partial charge in [0.05, 0.1) is 40.3 Å². The van der Waals surface area contributed by atoms with Crippen molar-refractivity contribution in [3.8, 4) is 12.1 Å². The minimum atomic E-state index is -0.418. The smallest absolute Gasteiger partial charge is 0.103 e. The predicted molar refractivity (Wildman–Crippen MR) is 213 cm³/mol. The molecule has 0 saturated heterocycles. The van der Waals surface area contributed by atoms with Crippen LogP contribution < -0.4 is 4.90 Å². The van der Waals surface area contributed by atoms with Gasteiger partial charge in [0.15, 0.2) is 0 Å². The van der Waals surface area contributed by atoms with E-state index in [1.807, 2.05) is 6.08 Å². The van der Waals surface area contributed by atoms with Crippen LogP contribution in [0.15, 0.2) is 157 Å². The van der Waals surface area contributed by atoms with Crippen LogP contribution in [0.1, 0.15) is 29.0 Å². The molecule has 2 aliphatic carbocycles. The van der Waals surface area contributed by atoms with Gasteiger partial charge in [0.1, 0.15) is 6.07 Å². The van der Waals surface area contributed by atoms with Crippen LogP contribution in [-0.4, -0.2) is 10.6 Å². The van der Waals surface area contributed by atoms with Crippen molar-refractivity contribution in [1.82, 2.24) is 4.57 Å². The maximum Gasteiger partial charge on any atom is 0.103 e. The highest BCUT2D eigenvalue weighted by atomic mass is 15.2. The predicted octanol–water partition coefficient (Wildman–Crippen LogP) is 11.5. The van der Waals surface area contributed by atoms with E-state index < -0.39 is 5.92 Å². The van der Waals surface area contributed by atoms with E-state index in [9.17, 15) is 10.5 Å². The molecule has 3 atom stereocenters. The summed E-state index contributed by atoms with van der Waals surface area (Å²) in [5.41, 5.74) is 9.24. The van der Waals surface area contributed by atoms with Gasteiger partial charge in [-0.05, 0) is 73.3 Å². The minimum Gasteiger partial charge on any atom is -0.336 e. The minimum absolute atomic E-state index is 0.0428. The summed E-state index contributed by atoms with van der Waals surface area (Å²) < 4.78 is 2.26. The van der Waals surface area contributed by atoms with Gasteiger partial charge >= 0.3 is 0 Å². The summed E-state index contributed by atoms with van der Waals surface area (Å²) in [5, 5.41) is 31.4. The van der Waals surface area contributed by atoms with Crippen molar-refractivity contribution in [2.75, 3.05) is 4.90 Å². The quantitative estimate of drug-likeness (QED) is 0.185. The third-order valence-corrected chi connectivity index (χ3v) is 11.6. The number of anilines is 1. The average Bonchev–Trinajstić information content (AvgIpc) is 3.74. The molecule has 0 amide bonds. The number of fused-ring (bicyclic) bond motifs is 14. The lowest BCUT2D eigenvalue weighted by molar-refractivity contribution is 0.664. The monoisotopic (exact) mass is 662 g/mol.